The molecule has 1 N–H and O–H groups in total. The highest BCUT2D eigenvalue weighted by Crippen LogP contribution is 2.55. The van der Waals surface area contributed by atoms with Gasteiger partial charge in [-0.05, 0) is 49.2 Å². The molecule has 34 heavy (non-hydrogen) atoms. The van der Waals surface area contributed by atoms with Crippen molar-refractivity contribution in [1.82, 2.24) is 4.90 Å². The molecule has 6 heteroatoms. The predicted octanol–water partition coefficient (Wildman–Crippen LogP) is 5.26. The zero-order valence-corrected chi connectivity index (χ0v) is 19.4. The summed E-state index contributed by atoms with van der Waals surface area (Å²) in [6, 6.07) is 18.0. The first-order valence-corrected chi connectivity index (χ1v) is 11.8. The number of hydrogen-bond donors (Lipinski definition) is 1. The van der Waals surface area contributed by atoms with Gasteiger partial charge in [0.1, 0.15) is 12.2 Å². The van der Waals surface area contributed by atoms with E-state index in [9.17, 15) is 4.79 Å². The van der Waals surface area contributed by atoms with Crippen molar-refractivity contribution in [2.45, 2.75) is 37.0 Å². The molecule has 0 saturated carbocycles. The van der Waals surface area contributed by atoms with Crippen LogP contribution in [0.2, 0.25) is 0 Å². The molecule has 0 saturated heterocycles. The molecule has 0 bridgehead atoms. The monoisotopic (exact) mass is 456 g/mol. The largest absolute Gasteiger partial charge is 0.493 e. The average Bonchev–Trinajstić information content (AvgIpc) is 3.10. The lowest BCUT2D eigenvalue weighted by Crippen LogP contribution is -2.44. The van der Waals surface area contributed by atoms with E-state index in [1.54, 1.807) is 7.11 Å². The topological polar surface area (TPSA) is 60.0 Å². The second-order valence-electron chi connectivity index (χ2n) is 9.46. The molecule has 3 atom stereocenters. The SMILES string of the molecule is COc1ccc2c3c1O[C@H]1C[C@@H](OC(=O)Nc4cccc5ccccc45)C=C[C@@]31CCN(C)C2. The van der Waals surface area contributed by atoms with Gasteiger partial charge in [0.2, 0.25) is 0 Å². The smallest absolute Gasteiger partial charge is 0.412 e. The number of carbonyl (C=O) groups is 1. The first-order chi connectivity index (χ1) is 16.6. The Labute approximate surface area is 199 Å². The Morgan fingerprint density at radius 1 is 1.15 bits per heavy atom. The molecule has 6 rings (SSSR count). The van der Waals surface area contributed by atoms with Crippen molar-refractivity contribution in [3.8, 4) is 11.5 Å². The Balaban J connectivity index is 1.25. The van der Waals surface area contributed by atoms with Gasteiger partial charge in [0.15, 0.2) is 11.5 Å². The summed E-state index contributed by atoms with van der Waals surface area (Å²) in [6.07, 6.45) is 4.86. The van der Waals surface area contributed by atoms with Gasteiger partial charge in [-0.2, -0.15) is 0 Å². The molecule has 1 amide bonds. The van der Waals surface area contributed by atoms with Crippen molar-refractivity contribution in [3.05, 3.63) is 77.9 Å². The summed E-state index contributed by atoms with van der Waals surface area (Å²) in [7, 11) is 3.83. The van der Waals surface area contributed by atoms with Crippen LogP contribution in [0.4, 0.5) is 10.5 Å². The number of benzene rings is 3. The highest BCUT2D eigenvalue weighted by atomic mass is 16.6. The third-order valence-corrected chi connectivity index (χ3v) is 7.41. The molecular weight excluding hydrogens is 428 g/mol. The summed E-state index contributed by atoms with van der Waals surface area (Å²) in [4.78, 5) is 15.2. The Morgan fingerprint density at radius 2 is 2.00 bits per heavy atom. The maximum Gasteiger partial charge on any atom is 0.412 e. The van der Waals surface area contributed by atoms with Gasteiger partial charge in [0.25, 0.3) is 0 Å². The van der Waals surface area contributed by atoms with E-state index < -0.39 is 6.09 Å². The lowest BCUT2D eigenvalue weighted by Gasteiger charge is -2.36. The molecular formula is C28H28N2O4. The number of hydrogen-bond acceptors (Lipinski definition) is 5. The van der Waals surface area contributed by atoms with Gasteiger partial charge in [0.05, 0.1) is 18.2 Å². The van der Waals surface area contributed by atoms with E-state index in [0.717, 1.165) is 47.5 Å². The van der Waals surface area contributed by atoms with Crippen molar-refractivity contribution in [3.63, 3.8) is 0 Å². The molecule has 3 aliphatic rings. The molecule has 3 aromatic carbocycles. The van der Waals surface area contributed by atoms with Crippen LogP contribution in [0, 0.1) is 0 Å². The second-order valence-corrected chi connectivity index (χ2v) is 9.46. The Hall–Kier alpha value is -3.51. The van der Waals surface area contributed by atoms with Gasteiger partial charge in [-0.1, -0.05) is 48.5 Å². The predicted molar refractivity (Wildman–Crippen MR) is 132 cm³/mol. The number of carbonyl (C=O) groups excluding carboxylic acids is 1. The number of anilines is 1. The van der Waals surface area contributed by atoms with Gasteiger partial charge in [0, 0.05) is 23.9 Å². The molecule has 2 heterocycles. The van der Waals surface area contributed by atoms with Crippen LogP contribution >= 0.6 is 0 Å². The number of methoxy groups -OCH3 is 1. The van der Waals surface area contributed by atoms with E-state index in [-0.39, 0.29) is 17.6 Å². The maximum atomic E-state index is 12.8. The minimum Gasteiger partial charge on any atom is -0.493 e. The zero-order chi connectivity index (χ0) is 23.3. The summed E-state index contributed by atoms with van der Waals surface area (Å²) in [5.74, 6) is 1.60. The quantitative estimate of drug-likeness (QED) is 0.545. The molecule has 1 aliphatic carbocycles. The number of ether oxygens (including phenoxy) is 3. The summed E-state index contributed by atoms with van der Waals surface area (Å²) in [6.45, 7) is 1.85. The van der Waals surface area contributed by atoms with E-state index >= 15 is 0 Å². The Morgan fingerprint density at radius 3 is 2.88 bits per heavy atom. The average molecular weight is 457 g/mol. The van der Waals surface area contributed by atoms with E-state index in [1.807, 2.05) is 54.6 Å². The highest BCUT2D eigenvalue weighted by molar-refractivity contribution is 6.00. The van der Waals surface area contributed by atoms with Crippen LogP contribution in [0.25, 0.3) is 10.8 Å². The van der Waals surface area contributed by atoms with Gasteiger partial charge in [-0.15, -0.1) is 0 Å². The van der Waals surface area contributed by atoms with Gasteiger partial charge >= 0.3 is 6.09 Å². The van der Waals surface area contributed by atoms with E-state index in [4.69, 9.17) is 14.2 Å². The molecule has 3 aromatic rings. The summed E-state index contributed by atoms with van der Waals surface area (Å²) < 4.78 is 18.0. The van der Waals surface area contributed by atoms with Crippen molar-refractivity contribution in [2.75, 3.05) is 26.0 Å². The number of rotatable bonds is 3. The van der Waals surface area contributed by atoms with Crippen LogP contribution in [0.1, 0.15) is 24.0 Å². The van der Waals surface area contributed by atoms with E-state index in [2.05, 4.69) is 29.4 Å². The van der Waals surface area contributed by atoms with Crippen LogP contribution in [-0.2, 0) is 16.7 Å². The maximum absolute atomic E-state index is 12.8. The van der Waals surface area contributed by atoms with Gasteiger partial charge in [-0.25, -0.2) is 4.79 Å². The van der Waals surface area contributed by atoms with Crippen LogP contribution in [0.3, 0.4) is 0 Å². The minimum absolute atomic E-state index is 0.107. The summed E-state index contributed by atoms with van der Waals surface area (Å²) in [5, 5.41) is 4.98. The fraction of sp³-hybridized carbons (Fsp3) is 0.321. The number of nitrogens with zero attached hydrogens (tertiary/aromatic N) is 1. The first-order valence-electron chi connectivity index (χ1n) is 11.8. The summed E-state index contributed by atoms with van der Waals surface area (Å²) >= 11 is 0. The van der Waals surface area contributed by atoms with Gasteiger partial charge < -0.3 is 19.1 Å². The molecule has 1 spiro atoms. The molecule has 0 fully saturated rings. The van der Waals surface area contributed by atoms with Gasteiger partial charge in [-0.3, -0.25) is 5.32 Å². The highest BCUT2D eigenvalue weighted by Gasteiger charge is 2.53. The lowest BCUT2D eigenvalue weighted by molar-refractivity contribution is 0.0667. The molecule has 2 aliphatic heterocycles. The Bertz CT molecular complexity index is 1300. The van der Waals surface area contributed by atoms with Crippen LogP contribution in [-0.4, -0.2) is 43.9 Å². The number of nitrogens with one attached hydrogen (secondary N) is 1. The van der Waals surface area contributed by atoms with Crippen molar-refractivity contribution < 1.29 is 19.0 Å². The normalized spacial score (nSPS) is 25.1. The molecule has 0 aromatic heterocycles. The molecule has 6 nitrogen and oxygen atoms in total. The van der Waals surface area contributed by atoms with Crippen LogP contribution in [0.5, 0.6) is 11.5 Å². The second kappa shape index (κ2) is 8.06. The van der Waals surface area contributed by atoms with Crippen molar-refractivity contribution in [1.29, 1.82) is 0 Å². The van der Waals surface area contributed by atoms with Crippen LogP contribution in [0.15, 0.2) is 66.7 Å². The first kappa shape index (κ1) is 21.1. The lowest BCUT2D eigenvalue weighted by atomic mass is 9.69. The van der Waals surface area contributed by atoms with Crippen molar-refractivity contribution in [2.24, 2.45) is 0 Å². The minimum atomic E-state index is -0.462. The third kappa shape index (κ3) is 3.32. The third-order valence-electron chi connectivity index (χ3n) is 7.41. The number of fused-ring (bicyclic) bond motifs is 1. The fourth-order valence-electron chi connectivity index (χ4n) is 5.76. The van der Waals surface area contributed by atoms with E-state index in [0.29, 0.717) is 6.42 Å². The van der Waals surface area contributed by atoms with E-state index in [1.165, 1.54) is 11.1 Å². The molecule has 174 valence electrons. The summed E-state index contributed by atoms with van der Waals surface area (Å²) in [5.41, 5.74) is 3.02. The number of amides is 1. The zero-order valence-electron chi connectivity index (χ0n) is 19.4. The molecule has 0 unspecified atom stereocenters. The molecule has 0 radical (unpaired) electrons. The van der Waals surface area contributed by atoms with Crippen molar-refractivity contribution >= 4 is 22.6 Å². The standard InChI is InChI=1S/C28H28N2O4/c1-30-15-14-28-13-12-20(16-24(28)34-26-23(32-2)11-10-19(17-30)25(26)28)33-27(31)29-22-9-5-7-18-6-3-4-8-21(18)22/h3-13,20,24H,14-17H2,1-2H3,(H,29,31)/t20-,24-,28-/m0/s1. The fourth-order valence-corrected chi connectivity index (χ4v) is 5.76. The Kier molecular flexibility index (Phi) is 4.99. The van der Waals surface area contributed by atoms with Crippen LogP contribution < -0.4 is 14.8 Å².